The summed E-state index contributed by atoms with van der Waals surface area (Å²) in [4.78, 5) is 0.816. The molecule has 2 rings (SSSR count). The lowest BCUT2D eigenvalue weighted by Gasteiger charge is -2.20. The lowest BCUT2D eigenvalue weighted by molar-refractivity contribution is 0.0525. The molecular formula is C13H19NO2S. The Morgan fingerprint density at radius 3 is 2.59 bits per heavy atom. The summed E-state index contributed by atoms with van der Waals surface area (Å²) in [5.41, 5.74) is 0.512. The number of benzene rings is 1. The van der Waals surface area contributed by atoms with Gasteiger partial charge in [-0.2, -0.15) is 0 Å². The van der Waals surface area contributed by atoms with Crippen LogP contribution in [0.15, 0.2) is 29.2 Å². The van der Waals surface area contributed by atoms with Crippen LogP contribution >= 0.6 is 0 Å². The quantitative estimate of drug-likeness (QED) is 0.893. The van der Waals surface area contributed by atoms with E-state index in [9.17, 15) is 9.32 Å². The molecule has 0 aliphatic carbocycles. The zero-order chi connectivity index (χ0) is 12.5. The number of nitrogens with zero attached hydrogens (tertiary/aromatic N) is 1. The van der Waals surface area contributed by atoms with Crippen LogP contribution in [0.3, 0.4) is 0 Å². The van der Waals surface area contributed by atoms with Gasteiger partial charge in [-0.15, -0.1) is 0 Å². The highest BCUT2D eigenvalue weighted by Crippen LogP contribution is 2.27. The molecule has 2 unspecified atom stereocenters. The first kappa shape index (κ1) is 12.7. The van der Waals surface area contributed by atoms with Crippen molar-refractivity contribution in [1.82, 2.24) is 4.31 Å². The van der Waals surface area contributed by atoms with Gasteiger partial charge in [0.2, 0.25) is 0 Å². The number of hydrogen-bond donors (Lipinski definition) is 1. The van der Waals surface area contributed by atoms with E-state index in [4.69, 9.17) is 0 Å². The van der Waals surface area contributed by atoms with Crippen LogP contribution in [0.4, 0.5) is 0 Å². The Morgan fingerprint density at radius 1 is 1.41 bits per heavy atom. The van der Waals surface area contributed by atoms with E-state index in [0.717, 1.165) is 10.5 Å². The fourth-order valence-corrected chi connectivity index (χ4v) is 3.33. The van der Waals surface area contributed by atoms with Gasteiger partial charge in [0.05, 0.1) is 10.5 Å². The van der Waals surface area contributed by atoms with Crippen molar-refractivity contribution in [2.45, 2.75) is 37.2 Å². The van der Waals surface area contributed by atoms with Gasteiger partial charge in [-0.05, 0) is 31.9 Å². The molecule has 2 atom stereocenters. The molecule has 0 aromatic heterocycles. The molecule has 1 aromatic rings. The zero-order valence-electron chi connectivity index (χ0n) is 10.3. The van der Waals surface area contributed by atoms with Crippen LogP contribution in [0.25, 0.3) is 0 Å². The summed E-state index contributed by atoms with van der Waals surface area (Å²) in [7, 11) is -1.14. The van der Waals surface area contributed by atoms with E-state index in [1.54, 1.807) is 0 Å². The number of β-amino-alcohol motifs (C(OH)–C–C–N with tert-alkyl or cyclic N) is 1. The Bertz CT molecular complexity index is 418. The maximum atomic E-state index is 12.3. The highest BCUT2D eigenvalue weighted by Gasteiger charge is 2.36. The summed E-state index contributed by atoms with van der Waals surface area (Å²) in [6.45, 7) is 5.19. The molecule has 1 saturated heterocycles. The molecule has 3 nitrogen and oxygen atoms in total. The van der Waals surface area contributed by atoms with Crippen LogP contribution < -0.4 is 0 Å². The first-order chi connectivity index (χ1) is 8.04. The third kappa shape index (κ3) is 2.76. The summed E-state index contributed by atoms with van der Waals surface area (Å²) < 4.78 is 14.1. The Balaban J connectivity index is 2.09. The van der Waals surface area contributed by atoms with Crippen molar-refractivity contribution in [3.8, 4) is 0 Å². The van der Waals surface area contributed by atoms with E-state index < -0.39 is 16.6 Å². The van der Waals surface area contributed by atoms with E-state index in [2.05, 4.69) is 0 Å². The molecule has 1 aliphatic rings. The average Bonchev–Trinajstić information content (AvgIpc) is 2.73. The number of aliphatic hydroxyl groups is 1. The van der Waals surface area contributed by atoms with Gasteiger partial charge >= 0.3 is 0 Å². The molecule has 0 radical (unpaired) electrons. The summed E-state index contributed by atoms with van der Waals surface area (Å²) >= 11 is 0. The third-order valence-electron chi connectivity index (χ3n) is 3.41. The molecule has 1 fully saturated rings. The molecule has 0 amide bonds. The zero-order valence-corrected chi connectivity index (χ0v) is 11.2. The Hall–Kier alpha value is -0.710. The maximum absolute atomic E-state index is 12.3. The fourth-order valence-electron chi connectivity index (χ4n) is 2.05. The molecule has 17 heavy (non-hydrogen) atoms. The monoisotopic (exact) mass is 253 g/mol. The molecule has 0 spiro atoms. The topological polar surface area (TPSA) is 40.5 Å². The standard InChI is InChI=1S/C13H19NO2S/c1-3-13(15)8-9-14(10-13)17(16)12-6-4-11(2)5-7-12/h4-7,15H,3,8-10H2,1-2H3. The van der Waals surface area contributed by atoms with Crippen molar-refractivity contribution in [1.29, 1.82) is 0 Å². The second-order valence-electron chi connectivity index (χ2n) is 4.75. The number of hydrogen-bond acceptors (Lipinski definition) is 2. The molecule has 0 saturated carbocycles. The van der Waals surface area contributed by atoms with Gasteiger partial charge in [-0.3, -0.25) is 0 Å². The van der Waals surface area contributed by atoms with Crippen molar-refractivity contribution in [3.05, 3.63) is 29.8 Å². The van der Waals surface area contributed by atoms with Crippen LogP contribution in [0.1, 0.15) is 25.3 Å². The first-order valence-electron chi connectivity index (χ1n) is 6.00. The lowest BCUT2D eigenvalue weighted by Crippen LogP contribution is -2.33. The van der Waals surface area contributed by atoms with Gasteiger partial charge in [-0.25, -0.2) is 8.51 Å². The first-order valence-corrected chi connectivity index (χ1v) is 7.11. The van der Waals surface area contributed by atoms with Gasteiger partial charge in [0.25, 0.3) is 0 Å². The summed E-state index contributed by atoms with van der Waals surface area (Å²) in [6.07, 6.45) is 1.43. The Labute approximate surface area is 105 Å². The molecule has 1 heterocycles. The van der Waals surface area contributed by atoms with Crippen LogP contribution in [0.2, 0.25) is 0 Å². The van der Waals surface area contributed by atoms with Crippen LogP contribution in [0, 0.1) is 6.92 Å². The summed E-state index contributed by atoms with van der Waals surface area (Å²) in [6, 6.07) is 7.73. The van der Waals surface area contributed by atoms with Gasteiger partial charge in [0.15, 0.2) is 0 Å². The van der Waals surface area contributed by atoms with E-state index in [-0.39, 0.29) is 0 Å². The largest absolute Gasteiger partial charge is 0.388 e. The van der Waals surface area contributed by atoms with Crippen molar-refractivity contribution in [2.75, 3.05) is 13.1 Å². The predicted octanol–water partition coefficient (Wildman–Crippen LogP) is 1.86. The average molecular weight is 253 g/mol. The van der Waals surface area contributed by atoms with Crippen molar-refractivity contribution >= 4 is 11.0 Å². The minimum Gasteiger partial charge on any atom is -0.388 e. The van der Waals surface area contributed by atoms with Crippen LogP contribution in [0.5, 0.6) is 0 Å². The van der Waals surface area contributed by atoms with Gasteiger partial charge in [0.1, 0.15) is 11.0 Å². The number of aryl methyl sites for hydroxylation is 1. The molecule has 1 N–H and O–H groups in total. The van der Waals surface area contributed by atoms with Crippen molar-refractivity contribution in [2.24, 2.45) is 0 Å². The molecule has 4 heteroatoms. The molecule has 94 valence electrons. The third-order valence-corrected chi connectivity index (χ3v) is 4.87. The fraction of sp³-hybridized carbons (Fsp3) is 0.538. The predicted molar refractivity (Wildman–Crippen MR) is 69.0 cm³/mol. The molecule has 1 aromatic carbocycles. The van der Waals surface area contributed by atoms with Gasteiger partial charge in [0, 0.05) is 13.1 Å². The highest BCUT2D eigenvalue weighted by atomic mass is 32.2. The molecule has 0 bridgehead atoms. The smallest absolute Gasteiger partial charge is 0.127 e. The Morgan fingerprint density at radius 2 is 2.06 bits per heavy atom. The maximum Gasteiger partial charge on any atom is 0.127 e. The van der Waals surface area contributed by atoms with E-state index in [0.29, 0.717) is 25.9 Å². The SMILES string of the molecule is CCC1(O)CCN(S(=O)c2ccc(C)cc2)C1. The normalized spacial score (nSPS) is 27.2. The second kappa shape index (κ2) is 4.88. The van der Waals surface area contributed by atoms with Gasteiger partial charge < -0.3 is 5.11 Å². The number of rotatable bonds is 3. The lowest BCUT2D eigenvalue weighted by atomic mass is 10.0. The van der Waals surface area contributed by atoms with Crippen LogP contribution in [-0.4, -0.2) is 32.3 Å². The van der Waals surface area contributed by atoms with E-state index in [1.807, 2.05) is 42.4 Å². The second-order valence-corrected chi connectivity index (χ2v) is 6.24. The Kier molecular flexibility index (Phi) is 3.66. The van der Waals surface area contributed by atoms with Crippen LogP contribution in [-0.2, 0) is 11.0 Å². The van der Waals surface area contributed by atoms with E-state index >= 15 is 0 Å². The summed E-state index contributed by atoms with van der Waals surface area (Å²) in [5.74, 6) is 0. The molecular weight excluding hydrogens is 234 g/mol. The summed E-state index contributed by atoms with van der Waals surface area (Å²) in [5, 5.41) is 10.1. The van der Waals surface area contributed by atoms with Gasteiger partial charge in [-0.1, -0.05) is 24.6 Å². The highest BCUT2D eigenvalue weighted by molar-refractivity contribution is 7.82. The molecule has 1 aliphatic heterocycles. The van der Waals surface area contributed by atoms with Crippen molar-refractivity contribution < 1.29 is 9.32 Å². The van der Waals surface area contributed by atoms with E-state index in [1.165, 1.54) is 0 Å². The minimum absolute atomic E-state index is 0.504. The minimum atomic E-state index is -1.14. The van der Waals surface area contributed by atoms with Crippen molar-refractivity contribution in [3.63, 3.8) is 0 Å².